The number of halogens is 2. The molecule has 0 bridgehead atoms. The highest BCUT2D eigenvalue weighted by Gasteiger charge is 2.01. The van der Waals surface area contributed by atoms with Crippen molar-refractivity contribution in [2.45, 2.75) is 0 Å². The zero-order valence-corrected chi connectivity index (χ0v) is 9.84. The summed E-state index contributed by atoms with van der Waals surface area (Å²) in [6.07, 6.45) is 0. The Labute approximate surface area is 100 Å². The lowest BCUT2D eigenvalue weighted by molar-refractivity contribution is 0.251. The van der Waals surface area contributed by atoms with E-state index in [1.165, 1.54) is 0 Å². The van der Waals surface area contributed by atoms with Gasteiger partial charge in [-0.1, -0.05) is 23.7 Å². The van der Waals surface area contributed by atoms with E-state index >= 15 is 0 Å². The van der Waals surface area contributed by atoms with E-state index in [4.69, 9.17) is 17.3 Å². The van der Waals surface area contributed by atoms with Crippen LogP contribution in [-0.2, 0) is 0 Å². The molecule has 0 fully saturated rings. The lowest BCUT2D eigenvalue weighted by atomic mass is 10.3. The molecule has 0 aliphatic rings. The van der Waals surface area contributed by atoms with Crippen molar-refractivity contribution in [3.63, 3.8) is 0 Å². The van der Waals surface area contributed by atoms with Crippen molar-refractivity contribution in [1.29, 1.82) is 0 Å². The fraction of sp³-hybridized carbons (Fsp3) is 0. The molecule has 0 saturated heterocycles. The Balaban J connectivity index is 2.79. The molecule has 15 heavy (non-hydrogen) atoms. The molecule has 0 aliphatic carbocycles. The summed E-state index contributed by atoms with van der Waals surface area (Å²) in [7, 11) is 0. The maximum Gasteiger partial charge on any atom is 0.331 e. The zero-order valence-electron chi connectivity index (χ0n) is 7.50. The molecule has 0 saturated carbocycles. The van der Waals surface area contributed by atoms with Crippen LogP contribution in [0.15, 0.2) is 29.3 Å². The summed E-state index contributed by atoms with van der Waals surface area (Å²) in [5.41, 5.74) is 5.94. The molecule has 1 aromatic rings. The van der Waals surface area contributed by atoms with Gasteiger partial charge in [-0.25, -0.2) is 9.79 Å². The van der Waals surface area contributed by atoms with Crippen molar-refractivity contribution in [3.05, 3.63) is 29.3 Å². The third-order valence-electron chi connectivity index (χ3n) is 1.42. The number of para-hydroxylation sites is 1. The SMILES string of the molecule is NC(=Nc1ccccc1Cl)NC(=O)NBr. The van der Waals surface area contributed by atoms with Crippen molar-refractivity contribution in [3.8, 4) is 0 Å². The second-order valence-corrected chi connectivity index (χ2v) is 3.30. The standard InChI is InChI=1S/C8H8BrClN4O/c9-14-8(15)13-7(11)12-6-4-2-1-3-5(6)10/h1-4H,(H4,11,12,13,14,15). The second kappa shape index (κ2) is 5.57. The van der Waals surface area contributed by atoms with Gasteiger partial charge in [0.1, 0.15) is 0 Å². The highest BCUT2D eigenvalue weighted by molar-refractivity contribution is 9.08. The summed E-state index contributed by atoms with van der Waals surface area (Å²) in [6, 6.07) is 6.39. The summed E-state index contributed by atoms with van der Waals surface area (Å²) in [5.74, 6) is -0.0416. The maximum atomic E-state index is 10.8. The average molecular weight is 292 g/mol. The number of hydrogen-bond donors (Lipinski definition) is 3. The first-order valence-electron chi connectivity index (χ1n) is 3.90. The fourth-order valence-corrected chi connectivity index (χ4v) is 1.12. The van der Waals surface area contributed by atoms with Gasteiger partial charge in [0.25, 0.3) is 0 Å². The Kier molecular flexibility index (Phi) is 4.38. The van der Waals surface area contributed by atoms with E-state index in [9.17, 15) is 4.79 Å². The molecule has 80 valence electrons. The minimum atomic E-state index is -0.511. The molecule has 7 heteroatoms. The molecule has 0 atom stereocenters. The van der Waals surface area contributed by atoms with Crippen LogP contribution in [0.1, 0.15) is 0 Å². The zero-order chi connectivity index (χ0) is 11.3. The second-order valence-electron chi connectivity index (χ2n) is 2.50. The minimum Gasteiger partial charge on any atom is -0.369 e. The van der Waals surface area contributed by atoms with Crippen molar-refractivity contribution in [1.82, 2.24) is 9.66 Å². The molecule has 1 rings (SSSR count). The van der Waals surface area contributed by atoms with Gasteiger partial charge in [-0.15, -0.1) is 0 Å². The Bertz CT molecular complexity index is 396. The minimum absolute atomic E-state index is 0.0416. The number of nitrogens with one attached hydrogen (secondary N) is 2. The first-order chi connectivity index (χ1) is 7.13. The number of nitrogens with zero attached hydrogens (tertiary/aromatic N) is 1. The number of rotatable bonds is 1. The predicted octanol–water partition coefficient (Wildman–Crippen LogP) is 1.90. The van der Waals surface area contributed by atoms with Crippen molar-refractivity contribution in [2.24, 2.45) is 10.7 Å². The van der Waals surface area contributed by atoms with E-state index in [0.29, 0.717) is 10.7 Å². The van der Waals surface area contributed by atoms with E-state index in [1.807, 2.05) is 0 Å². The smallest absolute Gasteiger partial charge is 0.331 e. The van der Waals surface area contributed by atoms with E-state index < -0.39 is 6.03 Å². The molecule has 1 aromatic carbocycles. The lowest BCUT2D eigenvalue weighted by Gasteiger charge is -2.02. The number of hydrogen-bond acceptors (Lipinski definition) is 2. The van der Waals surface area contributed by atoms with Crippen LogP contribution >= 0.6 is 27.7 Å². The number of aliphatic imine (C=N–C) groups is 1. The third kappa shape index (κ3) is 3.77. The topological polar surface area (TPSA) is 79.5 Å². The molecule has 4 N–H and O–H groups in total. The number of urea groups is 1. The normalized spacial score (nSPS) is 10.9. The quantitative estimate of drug-likeness (QED) is 0.420. The third-order valence-corrected chi connectivity index (χ3v) is 2.10. The van der Waals surface area contributed by atoms with Gasteiger partial charge < -0.3 is 5.73 Å². The largest absolute Gasteiger partial charge is 0.369 e. The number of carbonyl (C=O) groups is 1. The molecular formula is C8H8BrClN4O. The summed E-state index contributed by atoms with van der Waals surface area (Å²) < 4.78 is 2.16. The molecule has 2 amide bonds. The van der Waals surface area contributed by atoms with Gasteiger partial charge in [0, 0.05) is 0 Å². The highest BCUT2D eigenvalue weighted by atomic mass is 79.9. The Hall–Kier alpha value is -1.27. The van der Waals surface area contributed by atoms with E-state index in [1.54, 1.807) is 24.3 Å². The number of amides is 2. The van der Waals surface area contributed by atoms with Crippen molar-refractivity contribution < 1.29 is 4.79 Å². The molecule has 0 aromatic heterocycles. The van der Waals surface area contributed by atoms with Gasteiger partial charge in [0.2, 0.25) is 5.96 Å². The molecular weight excluding hydrogens is 283 g/mol. The number of benzene rings is 1. The lowest BCUT2D eigenvalue weighted by Crippen LogP contribution is -2.39. The van der Waals surface area contributed by atoms with Crippen LogP contribution in [-0.4, -0.2) is 12.0 Å². The Morgan fingerprint density at radius 3 is 2.73 bits per heavy atom. The van der Waals surface area contributed by atoms with E-state index in [-0.39, 0.29) is 5.96 Å². The van der Waals surface area contributed by atoms with Crippen LogP contribution in [0.3, 0.4) is 0 Å². The summed E-state index contributed by atoms with van der Waals surface area (Å²) >= 11 is 8.58. The predicted molar refractivity (Wildman–Crippen MR) is 63.3 cm³/mol. The maximum absolute atomic E-state index is 10.8. The summed E-state index contributed by atoms with van der Waals surface area (Å²) in [4.78, 5) is 14.8. The first kappa shape index (κ1) is 11.8. The molecule has 0 spiro atoms. The van der Waals surface area contributed by atoms with Crippen LogP contribution in [0.4, 0.5) is 10.5 Å². The molecule has 0 heterocycles. The highest BCUT2D eigenvalue weighted by Crippen LogP contribution is 2.23. The average Bonchev–Trinajstić information content (AvgIpc) is 2.21. The Morgan fingerprint density at radius 2 is 2.13 bits per heavy atom. The Morgan fingerprint density at radius 1 is 1.47 bits per heavy atom. The van der Waals surface area contributed by atoms with Crippen LogP contribution in [0.5, 0.6) is 0 Å². The molecule has 0 radical (unpaired) electrons. The first-order valence-corrected chi connectivity index (χ1v) is 5.07. The van der Waals surface area contributed by atoms with Crippen LogP contribution in [0.2, 0.25) is 5.02 Å². The summed E-state index contributed by atoms with van der Waals surface area (Å²) in [5, 5.41) is 2.74. The fourth-order valence-electron chi connectivity index (χ4n) is 0.840. The van der Waals surface area contributed by atoms with Gasteiger partial charge in [-0.05, 0) is 12.1 Å². The molecule has 0 aliphatic heterocycles. The van der Waals surface area contributed by atoms with Crippen LogP contribution in [0, 0.1) is 0 Å². The summed E-state index contributed by atoms with van der Waals surface area (Å²) in [6.45, 7) is 0. The van der Waals surface area contributed by atoms with Crippen molar-refractivity contribution >= 4 is 45.4 Å². The van der Waals surface area contributed by atoms with Gasteiger partial charge >= 0.3 is 6.03 Å². The van der Waals surface area contributed by atoms with E-state index in [0.717, 1.165) is 0 Å². The number of nitrogens with two attached hydrogens (primary N) is 1. The monoisotopic (exact) mass is 290 g/mol. The van der Waals surface area contributed by atoms with Gasteiger partial charge in [-0.2, -0.15) is 0 Å². The van der Waals surface area contributed by atoms with E-state index in [2.05, 4.69) is 30.8 Å². The number of carbonyl (C=O) groups excluding carboxylic acids is 1. The molecule has 0 unspecified atom stereocenters. The van der Waals surface area contributed by atoms with Crippen LogP contribution < -0.4 is 15.4 Å². The van der Waals surface area contributed by atoms with Crippen LogP contribution in [0.25, 0.3) is 0 Å². The van der Waals surface area contributed by atoms with Gasteiger partial charge in [-0.3, -0.25) is 9.66 Å². The number of guanidine groups is 1. The molecule has 5 nitrogen and oxygen atoms in total. The van der Waals surface area contributed by atoms with Crippen molar-refractivity contribution in [2.75, 3.05) is 0 Å². The van der Waals surface area contributed by atoms with Gasteiger partial charge in [0.05, 0.1) is 26.9 Å². The van der Waals surface area contributed by atoms with Gasteiger partial charge in [0.15, 0.2) is 0 Å².